The first-order valence-electron chi connectivity index (χ1n) is 7.62. The molecule has 1 aliphatic heterocycles. The Kier molecular flexibility index (Phi) is 4.51. The van der Waals surface area contributed by atoms with Crippen LogP contribution in [0, 0.1) is 11.3 Å². The van der Waals surface area contributed by atoms with E-state index in [2.05, 4.69) is 25.7 Å². The van der Waals surface area contributed by atoms with Gasteiger partial charge in [0.2, 0.25) is 5.91 Å². The van der Waals surface area contributed by atoms with E-state index in [1.54, 1.807) is 0 Å². The maximum atomic E-state index is 12.2. The van der Waals surface area contributed by atoms with E-state index in [1.165, 1.54) is 19.4 Å². The van der Waals surface area contributed by atoms with Gasteiger partial charge in [-0.25, -0.2) is 0 Å². The topological polar surface area (TPSA) is 49.6 Å². The minimum absolute atomic E-state index is 0.00343. The molecule has 1 unspecified atom stereocenters. The number of amides is 1. The van der Waals surface area contributed by atoms with Crippen molar-refractivity contribution in [1.29, 1.82) is 0 Å². The maximum absolute atomic E-state index is 12.2. The van der Waals surface area contributed by atoms with Crippen molar-refractivity contribution in [2.24, 2.45) is 17.1 Å². The van der Waals surface area contributed by atoms with Gasteiger partial charge < -0.3 is 10.6 Å². The summed E-state index contributed by atoms with van der Waals surface area (Å²) >= 11 is 0. The number of rotatable bonds is 4. The Bertz CT molecular complexity index is 312. The third-order valence-corrected chi connectivity index (χ3v) is 4.45. The first-order chi connectivity index (χ1) is 8.86. The summed E-state index contributed by atoms with van der Waals surface area (Å²) in [4.78, 5) is 16.7. The summed E-state index contributed by atoms with van der Waals surface area (Å²) in [6.07, 6.45) is 3.28. The third kappa shape index (κ3) is 4.46. The van der Waals surface area contributed by atoms with E-state index in [0.717, 1.165) is 32.1 Å². The minimum Gasteiger partial charge on any atom is -0.340 e. The predicted octanol–water partition coefficient (Wildman–Crippen LogP) is 1.30. The summed E-state index contributed by atoms with van der Waals surface area (Å²) in [7, 11) is 0. The normalized spacial score (nSPS) is 23.5. The highest BCUT2D eigenvalue weighted by Gasteiger charge is 2.29. The summed E-state index contributed by atoms with van der Waals surface area (Å²) in [6, 6.07) is -0.0514. The Balaban J connectivity index is 1.72. The lowest BCUT2D eigenvalue weighted by Gasteiger charge is -2.36. The van der Waals surface area contributed by atoms with Gasteiger partial charge >= 0.3 is 0 Å². The number of nitrogens with two attached hydrogens (primary N) is 1. The molecule has 0 aromatic carbocycles. The number of piperazine rings is 1. The molecule has 0 radical (unpaired) electrons. The summed E-state index contributed by atoms with van der Waals surface area (Å²) in [5.41, 5.74) is 6.11. The molecular weight excluding hydrogens is 238 g/mol. The minimum atomic E-state index is -0.0514. The van der Waals surface area contributed by atoms with Crippen LogP contribution in [0.3, 0.4) is 0 Å². The number of hydrogen-bond acceptors (Lipinski definition) is 3. The van der Waals surface area contributed by atoms with Gasteiger partial charge in [-0.3, -0.25) is 9.69 Å². The summed E-state index contributed by atoms with van der Waals surface area (Å²) in [6.45, 7) is 11.4. The molecule has 19 heavy (non-hydrogen) atoms. The molecule has 1 saturated carbocycles. The number of hydrogen-bond donors (Lipinski definition) is 1. The third-order valence-electron chi connectivity index (χ3n) is 4.45. The summed E-state index contributed by atoms with van der Waals surface area (Å²) < 4.78 is 0. The van der Waals surface area contributed by atoms with E-state index < -0.39 is 0 Å². The van der Waals surface area contributed by atoms with Gasteiger partial charge in [-0.15, -0.1) is 0 Å². The van der Waals surface area contributed by atoms with E-state index in [4.69, 9.17) is 5.73 Å². The summed E-state index contributed by atoms with van der Waals surface area (Å²) in [5, 5.41) is 0. The van der Waals surface area contributed by atoms with E-state index in [-0.39, 0.29) is 17.4 Å². The second-order valence-electron chi connectivity index (χ2n) is 7.30. The van der Waals surface area contributed by atoms with Gasteiger partial charge in [-0.2, -0.15) is 0 Å². The molecule has 2 rings (SSSR count). The molecule has 2 fully saturated rings. The largest absolute Gasteiger partial charge is 0.340 e. The van der Waals surface area contributed by atoms with Crippen LogP contribution in [0.1, 0.15) is 40.0 Å². The number of carbonyl (C=O) groups excluding carboxylic acids is 1. The van der Waals surface area contributed by atoms with Gasteiger partial charge in [0.25, 0.3) is 0 Å². The van der Waals surface area contributed by atoms with Crippen molar-refractivity contribution < 1.29 is 4.79 Å². The van der Waals surface area contributed by atoms with Crippen molar-refractivity contribution in [3.63, 3.8) is 0 Å². The first kappa shape index (κ1) is 14.8. The van der Waals surface area contributed by atoms with Crippen molar-refractivity contribution in [3.05, 3.63) is 0 Å². The molecule has 1 heterocycles. The van der Waals surface area contributed by atoms with Gasteiger partial charge in [0.05, 0.1) is 0 Å². The Hall–Kier alpha value is -0.610. The van der Waals surface area contributed by atoms with Gasteiger partial charge in [-0.1, -0.05) is 20.8 Å². The van der Waals surface area contributed by atoms with Crippen LogP contribution >= 0.6 is 0 Å². The highest BCUT2D eigenvalue weighted by atomic mass is 16.2. The molecule has 0 aromatic heterocycles. The fourth-order valence-electron chi connectivity index (χ4n) is 2.47. The van der Waals surface area contributed by atoms with Crippen LogP contribution < -0.4 is 5.73 Å². The zero-order chi connectivity index (χ0) is 14.0. The molecule has 4 heteroatoms. The zero-order valence-corrected chi connectivity index (χ0v) is 12.7. The lowest BCUT2D eigenvalue weighted by Crippen LogP contribution is -2.51. The SMILES string of the molecule is CC(C)(C)C(N)CC(=O)N1CCN(CC2CC2)CC1. The zero-order valence-electron chi connectivity index (χ0n) is 12.7. The van der Waals surface area contributed by atoms with Crippen molar-refractivity contribution >= 4 is 5.91 Å². The van der Waals surface area contributed by atoms with Crippen molar-refractivity contribution in [1.82, 2.24) is 9.80 Å². The number of carbonyl (C=O) groups is 1. The molecule has 110 valence electrons. The van der Waals surface area contributed by atoms with Gasteiger partial charge in [0.15, 0.2) is 0 Å². The van der Waals surface area contributed by atoms with Crippen LogP contribution in [0.2, 0.25) is 0 Å². The van der Waals surface area contributed by atoms with Gasteiger partial charge in [0, 0.05) is 45.2 Å². The average molecular weight is 267 g/mol. The lowest BCUT2D eigenvalue weighted by atomic mass is 9.85. The summed E-state index contributed by atoms with van der Waals surface area (Å²) in [5.74, 6) is 1.17. The molecule has 0 aromatic rings. The number of nitrogens with zero attached hydrogens (tertiary/aromatic N) is 2. The molecule has 0 bridgehead atoms. The van der Waals surface area contributed by atoms with E-state index in [9.17, 15) is 4.79 Å². The first-order valence-corrected chi connectivity index (χ1v) is 7.62. The Morgan fingerprint density at radius 2 is 1.79 bits per heavy atom. The molecule has 1 amide bonds. The molecule has 0 spiro atoms. The van der Waals surface area contributed by atoms with Gasteiger partial charge in [0.1, 0.15) is 0 Å². The van der Waals surface area contributed by atoms with Crippen LogP contribution in [0.25, 0.3) is 0 Å². The second kappa shape index (κ2) is 5.80. The second-order valence-corrected chi connectivity index (χ2v) is 7.30. The van der Waals surface area contributed by atoms with Gasteiger partial charge in [-0.05, 0) is 24.2 Å². The fraction of sp³-hybridized carbons (Fsp3) is 0.933. The highest BCUT2D eigenvalue weighted by molar-refractivity contribution is 5.77. The van der Waals surface area contributed by atoms with Crippen molar-refractivity contribution in [2.75, 3.05) is 32.7 Å². The highest BCUT2D eigenvalue weighted by Crippen LogP contribution is 2.30. The quantitative estimate of drug-likeness (QED) is 0.835. The standard InChI is InChI=1S/C15H29N3O/c1-15(2,3)13(16)10-14(19)18-8-6-17(7-9-18)11-12-4-5-12/h12-13H,4-11,16H2,1-3H3. The smallest absolute Gasteiger partial charge is 0.224 e. The molecule has 2 N–H and O–H groups in total. The maximum Gasteiger partial charge on any atom is 0.224 e. The molecule has 4 nitrogen and oxygen atoms in total. The van der Waals surface area contributed by atoms with Crippen LogP contribution in [-0.4, -0.2) is 54.5 Å². The van der Waals surface area contributed by atoms with Crippen molar-refractivity contribution in [3.8, 4) is 0 Å². The van der Waals surface area contributed by atoms with Crippen LogP contribution in [-0.2, 0) is 4.79 Å². The molecule has 1 aliphatic carbocycles. The molecule has 2 aliphatic rings. The van der Waals surface area contributed by atoms with E-state index >= 15 is 0 Å². The Labute approximate surface area is 117 Å². The Morgan fingerprint density at radius 3 is 2.26 bits per heavy atom. The lowest BCUT2D eigenvalue weighted by molar-refractivity contribution is -0.133. The van der Waals surface area contributed by atoms with Crippen LogP contribution in [0.15, 0.2) is 0 Å². The molecule has 1 atom stereocenters. The monoisotopic (exact) mass is 267 g/mol. The average Bonchev–Trinajstić information content (AvgIpc) is 3.12. The Morgan fingerprint density at radius 1 is 1.21 bits per heavy atom. The predicted molar refractivity (Wildman–Crippen MR) is 77.8 cm³/mol. The van der Waals surface area contributed by atoms with Crippen LogP contribution in [0.5, 0.6) is 0 Å². The molecular formula is C15H29N3O. The van der Waals surface area contributed by atoms with E-state index in [1.807, 2.05) is 4.90 Å². The van der Waals surface area contributed by atoms with Crippen molar-refractivity contribution in [2.45, 2.75) is 46.1 Å². The fourth-order valence-corrected chi connectivity index (χ4v) is 2.47. The van der Waals surface area contributed by atoms with E-state index in [0.29, 0.717) is 6.42 Å². The molecule has 1 saturated heterocycles. The van der Waals surface area contributed by atoms with Crippen LogP contribution in [0.4, 0.5) is 0 Å².